The molecule has 1 atom stereocenters. The highest BCUT2D eigenvalue weighted by molar-refractivity contribution is 5.95. The largest absolute Gasteiger partial charge is 0.491 e. The van der Waals surface area contributed by atoms with E-state index in [-0.39, 0.29) is 35.1 Å². The zero-order valence-corrected chi connectivity index (χ0v) is 16.6. The first kappa shape index (κ1) is 21.2. The number of nitrogens with one attached hydrogen (secondary N) is 1. The van der Waals surface area contributed by atoms with Crippen molar-refractivity contribution >= 4 is 11.6 Å². The molecule has 1 unspecified atom stereocenters. The average Bonchev–Trinajstić information content (AvgIpc) is 2.66. The molecule has 2 rings (SSSR count). The lowest BCUT2D eigenvalue weighted by Gasteiger charge is -2.15. The number of aryl methyl sites for hydroxylation is 1. The molecule has 28 heavy (non-hydrogen) atoms. The standard InChI is InChI=1S/C21H26N2O5/c1-14(2)28-18-10-7-16(8-11-18)6-5-15(3)22-21(24)17-9-12-20(27-4)19(13-17)23(25)26/h7-15H,5-6H2,1-4H3,(H,22,24). The SMILES string of the molecule is COc1ccc(C(=O)NC(C)CCc2ccc(OC(C)C)cc2)cc1[N+](=O)[O-]. The van der Waals surface area contributed by atoms with Crippen LogP contribution in [0.3, 0.4) is 0 Å². The van der Waals surface area contributed by atoms with Crippen LogP contribution < -0.4 is 14.8 Å². The summed E-state index contributed by atoms with van der Waals surface area (Å²) in [6, 6.07) is 12.0. The maximum atomic E-state index is 12.4. The first-order chi connectivity index (χ1) is 13.3. The average molecular weight is 386 g/mol. The summed E-state index contributed by atoms with van der Waals surface area (Å²) in [6.45, 7) is 5.87. The number of carbonyl (C=O) groups is 1. The maximum Gasteiger partial charge on any atom is 0.311 e. The second-order valence-corrected chi connectivity index (χ2v) is 6.87. The van der Waals surface area contributed by atoms with Gasteiger partial charge in [-0.25, -0.2) is 0 Å². The molecule has 0 spiro atoms. The summed E-state index contributed by atoms with van der Waals surface area (Å²) in [5.74, 6) is 0.611. The van der Waals surface area contributed by atoms with Crippen LogP contribution in [0, 0.1) is 10.1 Å². The lowest BCUT2D eigenvalue weighted by Crippen LogP contribution is -2.32. The minimum absolute atomic E-state index is 0.0831. The van der Waals surface area contributed by atoms with Gasteiger partial charge >= 0.3 is 5.69 Å². The molecule has 1 amide bonds. The van der Waals surface area contributed by atoms with Gasteiger partial charge in [-0.15, -0.1) is 0 Å². The van der Waals surface area contributed by atoms with E-state index >= 15 is 0 Å². The molecule has 0 aliphatic carbocycles. The Kier molecular flexibility index (Phi) is 7.37. The van der Waals surface area contributed by atoms with Gasteiger partial charge in [-0.3, -0.25) is 14.9 Å². The number of amides is 1. The summed E-state index contributed by atoms with van der Waals surface area (Å²) in [4.78, 5) is 22.9. The van der Waals surface area contributed by atoms with Crippen molar-refractivity contribution in [3.05, 3.63) is 63.7 Å². The molecule has 2 aromatic carbocycles. The van der Waals surface area contributed by atoms with Crippen LogP contribution in [-0.4, -0.2) is 30.1 Å². The molecule has 0 saturated carbocycles. The quantitative estimate of drug-likeness (QED) is 0.517. The third kappa shape index (κ3) is 5.97. The van der Waals surface area contributed by atoms with Crippen molar-refractivity contribution in [3.8, 4) is 11.5 Å². The van der Waals surface area contributed by atoms with Gasteiger partial charge in [-0.2, -0.15) is 0 Å². The van der Waals surface area contributed by atoms with Crippen molar-refractivity contribution < 1.29 is 19.2 Å². The van der Waals surface area contributed by atoms with E-state index in [1.165, 1.54) is 25.3 Å². The van der Waals surface area contributed by atoms with Gasteiger partial charge in [0.2, 0.25) is 0 Å². The highest BCUT2D eigenvalue weighted by Gasteiger charge is 2.19. The van der Waals surface area contributed by atoms with Crippen LogP contribution in [0.25, 0.3) is 0 Å². The normalized spacial score (nSPS) is 11.8. The number of rotatable bonds is 9. The van der Waals surface area contributed by atoms with Crippen molar-refractivity contribution in [2.45, 2.75) is 45.8 Å². The first-order valence-electron chi connectivity index (χ1n) is 9.19. The summed E-state index contributed by atoms with van der Waals surface area (Å²) >= 11 is 0. The molecule has 0 radical (unpaired) electrons. The fourth-order valence-electron chi connectivity index (χ4n) is 2.74. The van der Waals surface area contributed by atoms with Crippen LogP contribution in [-0.2, 0) is 6.42 Å². The lowest BCUT2D eigenvalue weighted by molar-refractivity contribution is -0.385. The summed E-state index contributed by atoms with van der Waals surface area (Å²) in [5, 5.41) is 14.0. The fraction of sp³-hybridized carbons (Fsp3) is 0.381. The number of nitrogens with zero attached hydrogens (tertiary/aromatic N) is 1. The molecule has 0 fully saturated rings. The molecule has 0 aliphatic rings. The predicted molar refractivity (Wildman–Crippen MR) is 107 cm³/mol. The van der Waals surface area contributed by atoms with Crippen LogP contribution in [0.4, 0.5) is 5.69 Å². The van der Waals surface area contributed by atoms with Crippen LogP contribution >= 0.6 is 0 Å². The van der Waals surface area contributed by atoms with E-state index in [2.05, 4.69) is 5.32 Å². The number of carbonyl (C=O) groups excluding carboxylic acids is 1. The highest BCUT2D eigenvalue weighted by Crippen LogP contribution is 2.27. The number of hydrogen-bond donors (Lipinski definition) is 1. The zero-order chi connectivity index (χ0) is 20.7. The van der Waals surface area contributed by atoms with Crippen molar-refractivity contribution in [1.82, 2.24) is 5.32 Å². The monoisotopic (exact) mass is 386 g/mol. The summed E-state index contributed by atoms with van der Waals surface area (Å²) in [6.07, 6.45) is 1.68. The van der Waals surface area contributed by atoms with Crippen LogP contribution in [0.1, 0.15) is 43.1 Å². The zero-order valence-electron chi connectivity index (χ0n) is 16.6. The van der Waals surface area contributed by atoms with Crippen molar-refractivity contribution in [3.63, 3.8) is 0 Å². The van der Waals surface area contributed by atoms with E-state index < -0.39 is 4.92 Å². The molecule has 7 heteroatoms. The number of nitro benzene ring substituents is 1. The van der Waals surface area contributed by atoms with E-state index in [0.29, 0.717) is 0 Å². The Bertz CT molecular complexity index is 818. The van der Waals surface area contributed by atoms with E-state index in [0.717, 1.165) is 24.2 Å². The number of benzene rings is 2. The van der Waals surface area contributed by atoms with E-state index in [1.807, 2.05) is 45.0 Å². The highest BCUT2D eigenvalue weighted by atomic mass is 16.6. The topological polar surface area (TPSA) is 90.7 Å². The van der Waals surface area contributed by atoms with E-state index in [4.69, 9.17) is 9.47 Å². The molecule has 1 N–H and O–H groups in total. The molecule has 0 bridgehead atoms. The second-order valence-electron chi connectivity index (χ2n) is 6.87. The fourth-order valence-corrected chi connectivity index (χ4v) is 2.74. The minimum Gasteiger partial charge on any atom is -0.491 e. The predicted octanol–water partition coefficient (Wildman–Crippen LogP) is 4.14. The Balaban J connectivity index is 1.92. The Hall–Kier alpha value is -3.09. The molecular formula is C21H26N2O5. The summed E-state index contributed by atoms with van der Waals surface area (Å²) in [5.41, 5.74) is 1.15. The lowest BCUT2D eigenvalue weighted by atomic mass is 10.1. The molecule has 2 aromatic rings. The molecular weight excluding hydrogens is 360 g/mol. The van der Waals surface area contributed by atoms with Gasteiger partial charge in [0, 0.05) is 17.7 Å². The van der Waals surface area contributed by atoms with E-state index in [9.17, 15) is 14.9 Å². The molecule has 0 heterocycles. The van der Waals surface area contributed by atoms with Crippen molar-refractivity contribution in [1.29, 1.82) is 0 Å². The van der Waals surface area contributed by atoms with Crippen LogP contribution in [0.5, 0.6) is 11.5 Å². The van der Waals surface area contributed by atoms with Crippen molar-refractivity contribution in [2.24, 2.45) is 0 Å². The van der Waals surface area contributed by atoms with Gasteiger partial charge in [0.05, 0.1) is 18.1 Å². The molecule has 7 nitrogen and oxygen atoms in total. The van der Waals surface area contributed by atoms with Crippen molar-refractivity contribution in [2.75, 3.05) is 7.11 Å². The number of ether oxygens (including phenoxy) is 2. The van der Waals surface area contributed by atoms with Gasteiger partial charge in [0.25, 0.3) is 5.91 Å². The van der Waals surface area contributed by atoms with Gasteiger partial charge in [0.1, 0.15) is 5.75 Å². The van der Waals surface area contributed by atoms with Crippen LogP contribution in [0.15, 0.2) is 42.5 Å². The number of methoxy groups -OCH3 is 1. The molecule has 0 aliphatic heterocycles. The van der Waals surface area contributed by atoms with Crippen LogP contribution in [0.2, 0.25) is 0 Å². The summed E-state index contributed by atoms with van der Waals surface area (Å²) in [7, 11) is 1.35. The molecule has 150 valence electrons. The number of nitro groups is 1. The summed E-state index contributed by atoms with van der Waals surface area (Å²) < 4.78 is 10.6. The third-order valence-electron chi connectivity index (χ3n) is 4.18. The second kappa shape index (κ2) is 9.73. The number of hydrogen-bond acceptors (Lipinski definition) is 5. The maximum absolute atomic E-state index is 12.4. The van der Waals surface area contributed by atoms with Gasteiger partial charge in [0.15, 0.2) is 5.75 Å². The van der Waals surface area contributed by atoms with Gasteiger partial charge in [-0.05, 0) is 63.4 Å². The first-order valence-corrected chi connectivity index (χ1v) is 9.19. The third-order valence-corrected chi connectivity index (χ3v) is 4.18. The molecule has 0 aromatic heterocycles. The molecule has 0 saturated heterocycles. The van der Waals surface area contributed by atoms with E-state index in [1.54, 1.807) is 0 Å². The smallest absolute Gasteiger partial charge is 0.311 e. The Morgan fingerprint density at radius 3 is 2.39 bits per heavy atom. The van der Waals surface area contributed by atoms with Gasteiger partial charge < -0.3 is 14.8 Å². The Morgan fingerprint density at radius 2 is 1.82 bits per heavy atom. The Labute approximate surface area is 164 Å². The van der Waals surface area contributed by atoms with Gasteiger partial charge in [-0.1, -0.05) is 12.1 Å². The Morgan fingerprint density at radius 1 is 1.14 bits per heavy atom. The minimum atomic E-state index is -0.564.